The van der Waals surface area contributed by atoms with Gasteiger partial charge >= 0.3 is 6.09 Å². The molecule has 1 saturated heterocycles. The molecule has 1 aliphatic rings. The van der Waals surface area contributed by atoms with E-state index in [0.29, 0.717) is 16.3 Å². The molecule has 0 aliphatic carbocycles. The van der Waals surface area contributed by atoms with Crippen molar-refractivity contribution in [2.24, 2.45) is 0 Å². The maximum Gasteiger partial charge on any atom is 0.409 e. The van der Waals surface area contributed by atoms with Gasteiger partial charge in [-0.05, 0) is 49.4 Å². The number of ether oxygens (including phenoxy) is 1. The number of hydrogen-bond donors (Lipinski definition) is 1. The summed E-state index contributed by atoms with van der Waals surface area (Å²) < 4.78 is 32.0. The Bertz CT molecular complexity index is 1020. The van der Waals surface area contributed by atoms with Crippen LogP contribution in [-0.2, 0) is 14.8 Å². The molecular formula is C20H22ClN3O5S. The average Bonchev–Trinajstić information content (AvgIpc) is 2.74. The van der Waals surface area contributed by atoms with Crippen molar-refractivity contribution in [3.8, 4) is 0 Å². The summed E-state index contributed by atoms with van der Waals surface area (Å²) in [6.07, 6.45) is -0.440. The summed E-state index contributed by atoms with van der Waals surface area (Å²) >= 11 is 5.91. The third-order valence-corrected chi connectivity index (χ3v) is 6.75. The summed E-state index contributed by atoms with van der Waals surface area (Å²) in [5, 5.41) is 3.21. The smallest absolute Gasteiger partial charge is 0.409 e. The zero-order valence-electron chi connectivity index (χ0n) is 16.4. The van der Waals surface area contributed by atoms with Crippen molar-refractivity contribution in [1.29, 1.82) is 0 Å². The standard InChI is InChI=1S/C20H22ClN3O5S/c1-2-29-20(26)23-10-12-24(13-11-23)30(27,28)18-8-6-15(7-9-18)19(25)22-17-5-3-4-16(21)14-17/h3-9,14H,2,10-13H2,1H3,(H,22,25). The second kappa shape index (κ2) is 9.46. The topological polar surface area (TPSA) is 96.0 Å². The van der Waals surface area contributed by atoms with E-state index in [1.165, 1.54) is 33.5 Å². The number of carbonyl (C=O) groups excluding carboxylic acids is 2. The summed E-state index contributed by atoms with van der Waals surface area (Å²) in [5.74, 6) is -0.371. The van der Waals surface area contributed by atoms with Crippen LogP contribution in [0.15, 0.2) is 53.4 Å². The zero-order valence-corrected chi connectivity index (χ0v) is 17.9. The fourth-order valence-corrected chi connectivity index (χ4v) is 4.64. The Morgan fingerprint density at radius 3 is 2.33 bits per heavy atom. The molecule has 0 aromatic heterocycles. The van der Waals surface area contributed by atoms with Gasteiger partial charge in [0.2, 0.25) is 10.0 Å². The van der Waals surface area contributed by atoms with Gasteiger partial charge in [-0.15, -0.1) is 0 Å². The van der Waals surface area contributed by atoms with Gasteiger partial charge in [0, 0.05) is 42.5 Å². The van der Waals surface area contributed by atoms with E-state index in [9.17, 15) is 18.0 Å². The van der Waals surface area contributed by atoms with Crippen LogP contribution in [0.25, 0.3) is 0 Å². The van der Waals surface area contributed by atoms with Crippen LogP contribution in [0.4, 0.5) is 10.5 Å². The number of halogens is 1. The molecule has 0 radical (unpaired) electrons. The van der Waals surface area contributed by atoms with Crippen LogP contribution < -0.4 is 5.32 Å². The van der Waals surface area contributed by atoms with Crippen molar-refractivity contribution in [2.75, 3.05) is 38.1 Å². The number of nitrogens with zero attached hydrogens (tertiary/aromatic N) is 2. The highest BCUT2D eigenvalue weighted by molar-refractivity contribution is 7.89. The predicted molar refractivity (Wildman–Crippen MR) is 113 cm³/mol. The van der Waals surface area contributed by atoms with Crippen molar-refractivity contribution in [1.82, 2.24) is 9.21 Å². The van der Waals surface area contributed by atoms with Gasteiger partial charge in [0.05, 0.1) is 11.5 Å². The van der Waals surface area contributed by atoms with Crippen LogP contribution in [0.5, 0.6) is 0 Å². The number of nitrogens with one attached hydrogen (secondary N) is 1. The van der Waals surface area contributed by atoms with Crippen molar-refractivity contribution < 1.29 is 22.7 Å². The third-order valence-electron chi connectivity index (χ3n) is 4.60. The lowest BCUT2D eigenvalue weighted by atomic mass is 10.2. The van der Waals surface area contributed by atoms with E-state index in [2.05, 4.69) is 5.32 Å². The van der Waals surface area contributed by atoms with E-state index in [4.69, 9.17) is 16.3 Å². The molecular weight excluding hydrogens is 430 g/mol. The molecule has 0 saturated carbocycles. The number of benzene rings is 2. The minimum absolute atomic E-state index is 0.0893. The number of rotatable bonds is 5. The number of amides is 2. The first-order chi connectivity index (χ1) is 14.3. The molecule has 0 atom stereocenters. The summed E-state index contributed by atoms with van der Waals surface area (Å²) in [5.41, 5.74) is 0.865. The van der Waals surface area contributed by atoms with E-state index >= 15 is 0 Å². The van der Waals surface area contributed by atoms with Crippen LogP contribution in [0.3, 0.4) is 0 Å². The minimum atomic E-state index is -3.73. The van der Waals surface area contributed by atoms with E-state index in [-0.39, 0.29) is 43.6 Å². The molecule has 3 rings (SSSR count). The molecule has 10 heteroatoms. The molecule has 2 aromatic carbocycles. The van der Waals surface area contributed by atoms with Crippen LogP contribution in [0, 0.1) is 0 Å². The Hall–Kier alpha value is -2.62. The Balaban J connectivity index is 1.65. The molecule has 2 aromatic rings. The second-order valence-electron chi connectivity index (χ2n) is 6.58. The lowest BCUT2D eigenvalue weighted by Crippen LogP contribution is -2.50. The van der Waals surface area contributed by atoms with E-state index < -0.39 is 16.1 Å². The minimum Gasteiger partial charge on any atom is -0.450 e. The van der Waals surface area contributed by atoms with Gasteiger partial charge in [-0.25, -0.2) is 13.2 Å². The lowest BCUT2D eigenvalue weighted by Gasteiger charge is -2.33. The fraction of sp³-hybridized carbons (Fsp3) is 0.300. The molecule has 1 fully saturated rings. The molecule has 2 amide bonds. The largest absolute Gasteiger partial charge is 0.450 e. The quantitative estimate of drug-likeness (QED) is 0.753. The van der Waals surface area contributed by atoms with Crippen LogP contribution in [0.2, 0.25) is 5.02 Å². The monoisotopic (exact) mass is 451 g/mol. The first-order valence-corrected chi connectivity index (χ1v) is 11.2. The highest BCUT2D eigenvalue weighted by Gasteiger charge is 2.30. The number of anilines is 1. The Labute approximate surface area is 180 Å². The summed E-state index contributed by atoms with van der Waals surface area (Å²) in [7, 11) is -3.73. The SMILES string of the molecule is CCOC(=O)N1CCN(S(=O)(=O)c2ccc(C(=O)Nc3cccc(Cl)c3)cc2)CC1. The number of carbonyl (C=O) groups is 2. The van der Waals surface area contributed by atoms with Crippen molar-refractivity contribution in [3.63, 3.8) is 0 Å². The van der Waals surface area contributed by atoms with Gasteiger partial charge in [0.1, 0.15) is 0 Å². The molecule has 30 heavy (non-hydrogen) atoms. The van der Waals surface area contributed by atoms with Crippen LogP contribution in [-0.4, -0.2) is 62.4 Å². The van der Waals surface area contributed by atoms with Gasteiger partial charge in [0.15, 0.2) is 0 Å². The van der Waals surface area contributed by atoms with Crippen LogP contribution in [0.1, 0.15) is 17.3 Å². The number of hydrogen-bond acceptors (Lipinski definition) is 5. The highest BCUT2D eigenvalue weighted by Crippen LogP contribution is 2.20. The molecule has 160 valence electrons. The molecule has 1 heterocycles. The van der Waals surface area contributed by atoms with Gasteiger partial charge in [-0.1, -0.05) is 17.7 Å². The molecule has 1 aliphatic heterocycles. The molecule has 0 unspecified atom stereocenters. The zero-order chi connectivity index (χ0) is 21.7. The molecule has 1 N–H and O–H groups in total. The van der Waals surface area contributed by atoms with Gasteiger partial charge in [-0.3, -0.25) is 4.79 Å². The number of sulfonamides is 1. The molecule has 0 spiro atoms. The molecule has 0 bridgehead atoms. The van der Waals surface area contributed by atoms with Crippen molar-refractivity contribution in [2.45, 2.75) is 11.8 Å². The fourth-order valence-electron chi connectivity index (χ4n) is 3.02. The Morgan fingerprint density at radius 1 is 1.07 bits per heavy atom. The summed E-state index contributed by atoms with van der Waals surface area (Å²) in [4.78, 5) is 25.7. The average molecular weight is 452 g/mol. The van der Waals surface area contributed by atoms with Crippen molar-refractivity contribution >= 4 is 39.3 Å². The normalized spacial score (nSPS) is 14.9. The Morgan fingerprint density at radius 2 is 1.73 bits per heavy atom. The molecule has 8 nitrogen and oxygen atoms in total. The maximum absolute atomic E-state index is 12.9. The summed E-state index contributed by atoms with van der Waals surface area (Å²) in [6, 6.07) is 12.5. The lowest BCUT2D eigenvalue weighted by molar-refractivity contribution is 0.0933. The van der Waals surface area contributed by atoms with Gasteiger partial charge in [0.25, 0.3) is 5.91 Å². The summed E-state index contributed by atoms with van der Waals surface area (Å²) in [6.45, 7) is 2.87. The van der Waals surface area contributed by atoms with Crippen molar-refractivity contribution in [3.05, 3.63) is 59.1 Å². The second-order valence-corrected chi connectivity index (χ2v) is 8.95. The first kappa shape index (κ1) is 22.1. The third kappa shape index (κ3) is 5.10. The van der Waals surface area contributed by atoms with Crippen LogP contribution >= 0.6 is 11.6 Å². The maximum atomic E-state index is 12.9. The Kier molecular flexibility index (Phi) is 6.96. The predicted octanol–water partition coefficient (Wildman–Crippen LogP) is 3.06. The van der Waals surface area contributed by atoms with E-state index in [0.717, 1.165) is 0 Å². The van der Waals surface area contributed by atoms with Gasteiger partial charge < -0.3 is 15.0 Å². The number of piperazine rings is 1. The van der Waals surface area contributed by atoms with Gasteiger partial charge in [-0.2, -0.15) is 4.31 Å². The van der Waals surface area contributed by atoms with E-state index in [1.807, 2.05) is 0 Å². The first-order valence-electron chi connectivity index (χ1n) is 9.40. The van der Waals surface area contributed by atoms with E-state index in [1.54, 1.807) is 31.2 Å². The highest BCUT2D eigenvalue weighted by atomic mass is 35.5.